The van der Waals surface area contributed by atoms with E-state index in [0.717, 1.165) is 12.1 Å². The minimum Gasteiger partial charge on any atom is -0.322 e. The normalized spacial score (nSPS) is 15.8. The van der Waals surface area contributed by atoms with Crippen LogP contribution in [0.3, 0.4) is 0 Å². The lowest BCUT2D eigenvalue weighted by molar-refractivity contribution is -0.133. The highest BCUT2D eigenvalue weighted by Gasteiger charge is 2.35. The maximum atomic E-state index is 12.9. The van der Waals surface area contributed by atoms with Gasteiger partial charge in [-0.3, -0.25) is 54.6 Å². The summed E-state index contributed by atoms with van der Waals surface area (Å²) in [6, 6.07) is 8.54. The fourth-order valence-corrected chi connectivity index (χ4v) is 4.83. The Hall–Kier alpha value is -7.07. The van der Waals surface area contributed by atoms with Crippen LogP contribution in [0.4, 0.5) is 32.3 Å². The molecule has 0 atom stereocenters. The van der Waals surface area contributed by atoms with Crippen molar-refractivity contribution in [3.05, 3.63) is 77.9 Å². The van der Waals surface area contributed by atoms with Gasteiger partial charge in [-0.1, -0.05) is 0 Å². The Labute approximate surface area is 278 Å². The van der Waals surface area contributed by atoms with E-state index in [4.69, 9.17) is 0 Å². The largest absolute Gasteiger partial charge is 0.328 e. The number of urea groups is 2. The molecule has 254 valence electrons. The Morgan fingerprint density at radius 3 is 1.40 bits per heavy atom. The summed E-state index contributed by atoms with van der Waals surface area (Å²) in [5.74, 6) is -5.40. The zero-order chi connectivity index (χ0) is 36.2. The van der Waals surface area contributed by atoms with Crippen LogP contribution in [0.5, 0.6) is 0 Å². The quantitative estimate of drug-likeness (QED) is 0.0938. The minimum atomic E-state index is -4.93. The van der Waals surface area contributed by atoms with Crippen LogP contribution in [-0.2, 0) is 29.3 Å². The molecule has 5 rings (SSSR count). The maximum Gasteiger partial charge on any atom is 0.328 e. The first-order chi connectivity index (χ1) is 23.7. The molecule has 0 spiro atoms. The lowest BCUT2D eigenvalue weighted by Crippen LogP contribution is -2.57. The Morgan fingerprint density at radius 1 is 0.600 bits per heavy atom. The number of azo groups is 2. The molecule has 2 aliphatic rings. The molecule has 50 heavy (non-hydrogen) atoms. The second-order valence-corrected chi connectivity index (χ2v) is 11.4. The second kappa shape index (κ2) is 14.0. The Balaban J connectivity index is 1.23. The Bertz CT molecular complexity index is 2110. The lowest BCUT2D eigenvalue weighted by Gasteiger charge is -2.16. The van der Waals surface area contributed by atoms with E-state index in [-0.39, 0.29) is 33.9 Å². The van der Waals surface area contributed by atoms with E-state index in [1.54, 1.807) is 0 Å². The molecule has 2 heterocycles. The average Bonchev–Trinajstić information content (AvgIpc) is 3.04. The lowest BCUT2D eigenvalue weighted by atomic mass is 10.1. The first-order valence-electron chi connectivity index (χ1n) is 13.8. The van der Waals surface area contributed by atoms with Gasteiger partial charge in [0.25, 0.3) is 45.6 Å². The number of imide groups is 4. The zero-order valence-corrected chi connectivity index (χ0v) is 25.5. The number of nitrogens with one attached hydrogen (secondary N) is 6. The second-order valence-electron chi connectivity index (χ2n) is 10.0. The van der Waals surface area contributed by atoms with Gasteiger partial charge in [0.2, 0.25) is 12.1 Å². The number of anilines is 2. The molecule has 0 aliphatic carbocycles. The molecule has 0 radical (unpaired) electrons. The molecule has 3 aromatic rings. The van der Waals surface area contributed by atoms with E-state index in [9.17, 15) is 51.3 Å². The fourth-order valence-electron chi connectivity index (χ4n) is 4.15. The van der Waals surface area contributed by atoms with E-state index >= 15 is 0 Å². The van der Waals surface area contributed by atoms with Crippen molar-refractivity contribution in [2.45, 2.75) is 17.0 Å². The van der Waals surface area contributed by atoms with Crippen molar-refractivity contribution < 1.29 is 51.3 Å². The van der Waals surface area contributed by atoms with Gasteiger partial charge < -0.3 is 10.6 Å². The summed E-state index contributed by atoms with van der Waals surface area (Å²) in [5, 5.41) is 27.0. The number of barbiturate groups is 2. The third-order valence-corrected chi connectivity index (χ3v) is 7.44. The summed E-state index contributed by atoms with van der Waals surface area (Å²) in [4.78, 5) is 94.3. The van der Waals surface area contributed by atoms with Crippen molar-refractivity contribution in [3.63, 3.8) is 0 Å². The van der Waals surface area contributed by atoms with E-state index in [1.165, 1.54) is 54.6 Å². The van der Waals surface area contributed by atoms with Crippen LogP contribution in [0.1, 0.15) is 20.7 Å². The van der Waals surface area contributed by atoms with Crippen LogP contribution in [0.2, 0.25) is 0 Å². The van der Waals surface area contributed by atoms with Gasteiger partial charge in [-0.05, 0) is 66.7 Å². The van der Waals surface area contributed by atoms with Gasteiger partial charge in [0, 0.05) is 16.8 Å². The molecule has 0 aromatic heterocycles. The molecule has 10 amide bonds. The Kier molecular flexibility index (Phi) is 9.57. The van der Waals surface area contributed by atoms with Gasteiger partial charge >= 0.3 is 12.1 Å². The molecule has 3 aromatic carbocycles. The highest BCUT2D eigenvalue weighted by Crippen LogP contribution is 2.27. The van der Waals surface area contributed by atoms with E-state index in [2.05, 4.69) is 31.1 Å². The summed E-state index contributed by atoms with van der Waals surface area (Å²) in [6.45, 7) is 0. The molecule has 2 saturated heterocycles. The smallest absolute Gasteiger partial charge is 0.322 e. The molecule has 2 fully saturated rings. The number of rotatable bonds is 9. The summed E-state index contributed by atoms with van der Waals surface area (Å²) >= 11 is 0. The number of nitrogens with zero attached hydrogens (tertiary/aromatic N) is 4. The molecule has 0 bridgehead atoms. The molecular formula is C28H20N10O11S. The minimum absolute atomic E-state index is 0.00437. The van der Waals surface area contributed by atoms with Gasteiger partial charge in [0.1, 0.15) is 4.90 Å². The summed E-state index contributed by atoms with van der Waals surface area (Å²) in [7, 11) is -4.93. The number of carbonyl (C=O) groups excluding carboxylic acids is 8. The van der Waals surface area contributed by atoms with Crippen molar-refractivity contribution in [3.8, 4) is 0 Å². The summed E-state index contributed by atoms with van der Waals surface area (Å²) in [6.07, 6.45) is 0. The molecule has 21 nitrogen and oxygen atoms in total. The van der Waals surface area contributed by atoms with Crippen LogP contribution in [0.25, 0.3) is 0 Å². The first kappa shape index (κ1) is 34.3. The van der Waals surface area contributed by atoms with Gasteiger partial charge in [-0.25, -0.2) is 9.59 Å². The SMILES string of the molecule is O=C1NC(=O)C(N=Nc2ccc(C(=O)Nc3ccc(NC(=O)c4ccc(N=NC5C(=O)NC(=O)NC5=O)cc4)c(S(=O)(=O)O)c3)cc2)C(=O)N1. The number of amides is 10. The predicted octanol–water partition coefficient (Wildman–Crippen LogP) is 1.07. The highest BCUT2D eigenvalue weighted by atomic mass is 32.2. The summed E-state index contributed by atoms with van der Waals surface area (Å²) in [5.41, 5.74) is -0.0667. The topological polar surface area (TPSA) is 313 Å². The van der Waals surface area contributed by atoms with E-state index in [0.29, 0.717) is 0 Å². The van der Waals surface area contributed by atoms with Gasteiger partial charge in [0.15, 0.2) is 0 Å². The number of hydrogen-bond acceptors (Lipinski definition) is 14. The molecule has 0 unspecified atom stereocenters. The third kappa shape index (κ3) is 8.07. The highest BCUT2D eigenvalue weighted by molar-refractivity contribution is 7.86. The van der Waals surface area contributed by atoms with Crippen molar-refractivity contribution in [1.29, 1.82) is 0 Å². The fraction of sp³-hybridized carbons (Fsp3) is 0.0714. The zero-order valence-electron chi connectivity index (χ0n) is 24.7. The number of carbonyl (C=O) groups is 8. The van der Waals surface area contributed by atoms with Gasteiger partial charge in [-0.15, -0.1) is 0 Å². The Morgan fingerprint density at radius 2 is 1.00 bits per heavy atom. The van der Waals surface area contributed by atoms with Crippen LogP contribution < -0.4 is 31.9 Å². The molecule has 2 aliphatic heterocycles. The maximum absolute atomic E-state index is 12.9. The van der Waals surface area contributed by atoms with Crippen molar-refractivity contribution in [2.24, 2.45) is 20.5 Å². The first-order valence-corrected chi connectivity index (χ1v) is 15.2. The van der Waals surface area contributed by atoms with Crippen molar-refractivity contribution >= 4 is 80.4 Å². The van der Waals surface area contributed by atoms with Crippen LogP contribution >= 0.6 is 0 Å². The molecule has 0 saturated carbocycles. The third-order valence-electron chi connectivity index (χ3n) is 6.54. The van der Waals surface area contributed by atoms with Crippen LogP contribution in [0, 0.1) is 0 Å². The molecule has 7 N–H and O–H groups in total. The number of hydrogen-bond donors (Lipinski definition) is 7. The van der Waals surface area contributed by atoms with Crippen molar-refractivity contribution in [1.82, 2.24) is 21.3 Å². The standard InChI is InChI=1S/C28H20N10O11S/c39-21(12-1-5-14(6-2-12)35-37-19-23(41)31-27(45)32-24(19)42)29-16-9-10-17(18(11-16)50(47,48)49)30-22(40)13-3-7-15(8-4-13)36-38-20-25(43)33-28(46)34-26(20)44/h1-11,19-20H,(H,29,39)(H,30,40)(H,47,48,49)(H2,31,32,41,42,45)(H2,33,34,43,44,46). The van der Waals surface area contributed by atoms with Gasteiger partial charge in [0.05, 0.1) is 17.1 Å². The van der Waals surface area contributed by atoms with E-state index in [1.807, 2.05) is 21.3 Å². The van der Waals surface area contributed by atoms with Crippen LogP contribution in [-0.4, -0.2) is 72.6 Å². The van der Waals surface area contributed by atoms with Crippen LogP contribution in [0.15, 0.2) is 92.1 Å². The van der Waals surface area contributed by atoms with Gasteiger partial charge in [-0.2, -0.15) is 28.9 Å². The average molecular weight is 705 g/mol. The predicted molar refractivity (Wildman–Crippen MR) is 165 cm³/mol. The molecular weight excluding hydrogens is 684 g/mol. The summed E-state index contributed by atoms with van der Waals surface area (Å²) < 4.78 is 34.2. The number of benzene rings is 3. The van der Waals surface area contributed by atoms with E-state index < -0.39 is 74.6 Å². The monoisotopic (exact) mass is 704 g/mol. The van der Waals surface area contributed by atoms with Crippen molar-refractivity contribution in [2.75, 3.05) is 10.6 Å². The molecule has 22 heteroatoms.